The first-order valence-corrected chi connectivity index (χ1v) is 13.7. The average molecular weight is 526 g/mol. The van der Waals surface area contributed by atoms with Gasteiger partial charge in [-0.3, -0.25) is 9.10 Å². The molecule has 1 aliphatic heterocycles. The monoisotopic (exact) mass is 525 g/mol. The predicted molar refractivity (Wildman–Crippen MR) is 138 cm³/mol. The van der Waals surface area contributed by atoms with Crippen LogP contribution in [0.15, 0.2) is 77.7 Å². The molecule has 7 nitrogen and oxygen atoms in total. The van der Waals surface area contributed by atoms with Crippen LogP contribution in [0.1, 0.15) is 23.2 Å². The van der Waals surface area contributed by atoms with Crippen molar-refractivity contribution in [2.45, 2.75) is 23.8 Å². The second-order valence-electron chi connectivity index (χ2n) is 8.51. The van der Waals surface area contributed by atoms with Crippen molar-refractivity contribution in [3.05, 3.63) is 84.2 Å². The topological polar surface area (TPSA) is 79.8 Å². The van der Waals surface area contributed by atoms with Crippen molar-refractivity contribution < 1.29 is 22.3 Å². The van der Waals surface area contributed by atoms with E-state index in [2.05, 4.69) is 4.98 Å². The Bertz CT molecular complexity index is 1480. The molecule has 4 aromatic rings. The number of nitrogens with zero attached hydrogens (tertiary/aromatic N) is 3. The van der Waals surface area contributed by atoms with Crippen molar-refractivity contribution >= 4 is 43.2 Å². The van der Waals surface area contributed by atoms with Gasteiger partial charge < -0.3 is 9.64 Å². The number of halogens is 1. The molecule has 1 aromatic heterocycles. The highest BCUT2D eigenvalue weighted by atomic mass is 32.2. The van der Waals surface area contributed by atoms with Crippen LogP contribution in [-0.4, -0.2) is 50.5 Å². The molecule has 0 radical (unpaired) electrons. The van der Waals surface area contributed by atoms with Crippen LogP contribution in [0.3, 0.4) is 0 Å². The number of sulfonamides is 1. The number of carbonyl (C=O) groups is 1. The number of para-hydroxylation sites is 2. The number of aromatic nitrogens is 1. The van der Waals surface area contributed by atoms with Gasteiger partial charge in [0.2, 0.25) is 0 Å². The van der Waals surface area contributed by atoms with Crippen LogP contribution in [0.2, 0.25) is 0 Å². The van der Waals surface area contributed by atoms with Crippen LogP contribution in [0.25, 0.3) is 10.2 Å². The Morgan fingerprint density at radius 3 is 2.39 bits per heavy atom. The molecule has 3 aromatic carbocycles. The summed E-state index contributed by atoms with van der Waals surface area (Å²) in [5.74, 6) is -0.527. The lowest BCUT2D eigenvalue weighted by Gasteiger charge is -2.31. The number of piperidine rings is 1. The van der Waals surface area contributed by atoms with Gasteiger partial charge in [0.25, 0.3) is 21.1 Å². The quantitative estimate of drug-likeness (QED) is 0.356. The summed E-state index contributed by atoms with van der Waals surface area (Å²) >= 11 is 1.31. The molecule has 1 fully saturated rings. The van der Waals surface area contributed by atoms with Gasteiger partial charge in [-0.25, -0.2) is 12.8 Å². The number of hydrogen-bond donors (Lipinski definition) is 0. The molecule has 0 aliphatic carbocycles. The molecule has 0 saturated carbocycles. The number of rotatable bonds is 6. The Balaban J connectivity index is 1.20. The zero-order valence-electron chi connectivity index (χ0n) is 19.5. The maximum Gasteiger partial charge on any atom is 0.274 e. The number of thiazole rings is 1. The smallest absolute Gasteiger partial charge is 0.274 e. The van der Waals surface area contributed by atoms with E-state index in [1.807, 2.05) is 6.07 Å². The number of likely N-dealkylation sites (tertiary alicyclic amines) is 1. The zero-order valence-corrected chi connectivity index (χ0v) is 21.1. The standard InChI is InChI=1S/C26H24FN3O4S2/c1-29(19-6-3-2-4-7-19)36(32,33)21-12-10-18(11-13-21)25(31)30-16-14-20(15-17-30)34-26-28-24-22(27)8-5-9-23(24)35-26/h2-13,20H,14-17H2,1H3. The van der Waals surface area contributed by atoms with Gasteiger partial charge >= 0.3 is 0 Å². The molecule has 5 rings (SSSR count). The number of fused-ring (bicyclic) bond motifs is 1. The third kappa shape index (κ3) is 4.78. The lowest BCUT2D eigenvalue weighted by Crippen LogP contribution is -2.41. The molecule has 0 unspecified atom stereocenters. The van der Waals surface area contributed by atoms with Gasteiger partial charge in [0.05, 0.1) is 15.3 Å². The third-order valence-corrected chi connectivity index (χ3v) is 8.94. The maximum absolute atomic E-state index is 13.9. The summed E-state index contributed by atoms with van der Waals surface area (Å²) in [7, 11) is -2.24. The first-order valence-electron chi connectivity index (χ1n) is 11.5. The Morgan fingerprint density at radius 1 is 1.03 bits per heavy atom. The molecule has 2 heterocycles. The predicted octanol–water partition coefficient (Wildman–Crippen LogP) is 4.94. The molecule has 0 N–H and O–H groups in total. The van der Waals surface area contributed by atoms with Gasteiger partial charge in [-0.05, 0) is 48.5 Å². The van der Waals surface area contributed by atoms with Crippen molar-refractivity contribution in [2.24, 2.45) is 0 Å². The van der Waals surface area contributed by atoms with Crippen LogP contribution >= 0.6 is 11.3 Å². The summed E-state index contributed by atoms with van der Waals surface area (Å²) in [6, 6.07) is 19.7. The molecule has 1 aliphatic rings. The normalized spacial score (nSPS) is 14.7. The molecule has 186 valence electrons. The minimum atomic E-state index is -3.75. The largest absolute Gasteiger partial charge is 0.467 e. The summed E-state index contributed by atoms with van der Waals surface area (Å²) in [5, 5.41) is 0.428. The number of amides is 1. The van der Waals surface area contributed by atoms with E-state index in [4.69, 9.17) is 4.74 Å². The number of benzene rings is 3. The van der Waals surface area contributed by atoms with Crippen LogP contribution in [0.5, 0.6) is 5.19 Å². The molecule has 0 atom stereocenters. The van der Waals surface area contributed by atoms with Crippen molar-refractivity contribution in [1.29, 1.82) is 0 Å². The lowest BCUT2D eigenvalue weighted by molar-refractivity contribution is 0.0595. The van der Waals surface area contributed by atoms with Crippen LogP contribution in [-0.2, 0) is 10.0 Å². The summed E-state index contributed by atoms with van der Waals surface area (Å²) in [6.45, 7) is 0.999. The summed E-state index contributed by atoms with van der Waals surface area (Å²) in [5.41, 5.74) is 1.29. The van der Waals surface area contributed by atoms with E-state index in [0.717, 1.165) is 4.70 Å². The first-order chi connectivity index (χ1) is 17.3. The van der Waals surface area contributed by atoms with Crippen molar-refractivity contribution in [3.8, 4) is 5.19 Å². The fraction of sp³-hybridized carbons (Fsp3) is 0.231. The highest BCUT2D eigenvalue weighted by Gasteiger charge is 2.27. The van der Waals surface area contributed by atoms with Crippen molar-refractivity contribution in [2.75, 3.05) is 24.4 Å². The van der Waals surface area contributed by atoms with Gasteiger partial charge in [0, 0.05) is 38.5 Å². The number of carbonyl (C=O) groups excluding carboxylic acids is 1. The zero-order chi connectivity index (χ0) is 25.3. The summed E-state index contributed by atoms with van der Waals surface area (Å²) in [4.78, 5) is 19.1. The summed E-state index contributed by atoms with van der Waals surface area (Å²) < 4.78 is 47.8. The van der Waals surface area contributed by atoms with Crippen LogP contribution < -0.4 is 9.04 Å². The average Bonchev–Trinajstić information content (AvgIpc) is 3.33. The maximum atomic E-state index is 13.9. The van der Waals surface area contributed by atoms with Crippen molar-refractivity contribution in [1.82, 2.24) is 9.88 Å². The molecule has 1 saturated heterocycles. The molecule has 0 spiro atoms. The summed E-state index contributed by atoms with van der Waals surface area (Å²) in [6.07, 6.45) is 1.13. The molecule has 0 bridgehead atoms. The Morgan fingerprint density at radius 2 is 1.72 bits per heavy atom. The highest BCUT2D eigenvalue weighted by Crippen LogP contribution is 2.31. The Labute approximate surface area is 212 Å². The van der Waals surface area contributed by atoms with E-state index in [0.29, 0.717) is 47.9 Å². The second-order valence-corrected chi connectivity index (χ2v) is 11.5. The second kappa shape index (κ2) is 9.87. The number of anilines is 1. The fourth-order valence-corrected chi connectivity index (χ4v) is 6.24. The van der Waals surface area contributed by atoms with Gasteiger partial charge in [-0.1, -0.05) is 35.6 Å². The third-order valence-electron chi connectivity index (χ3n) is 6.23. The molecular weight excluding hydrogens is 501 g/mol. The van der Waals surface area contributed by atoms with Gasteiger partial charge in [0.1, 0.15) is 17.4 Å². The van der Waals surface area contributed by atoms with E-state index in [1.165, 1.54) is 40.9 Å². The van der Waals surface area contributed by atoms with E-state index in [1.54, 1.807) is 53.4 Å². The number of hydrogen-bond acceptors (Lipinski definition) is 6. The number of ether oxygens (including phenoxy) is 1. The molecule has 1 amide bonds. The first kappa shape index (κ1) is 24.2. The van der Waals surface area contributed by atoms with E-state index in [-0.39, 0.29) is 22.7 Å². The van der Waals surface area contributed by atoms with Gasteiger partial charge in [0.15, 0.2) is 0 Å². The van der Waals surface area contributed by atoms with E-state index < -0.39 is 10.0 Å². The van der Waals surface area contributed by atoms with E-state index in [9.17, 15) is 17.6 Å². The van der Waals surface area contributed by atoms with Crippen LogP contribution in [0.4, 0.5) is 10.1 Å². The Kier molecular flexibility index (Phi) is 6.63. The minimum absolute atomic E-state index is 0.112. The molecule has 10 heteroatoms. The van der Waals surface area contributed by atoms with Gasteiger partial charge in [-0.2, -0.15) is 4.98 Å². The fourth-order valence-electron chi connectivity index (χ4n) is 4.15. The molecule has 36 heavy (non-hydrogen) atoms. The van der Waals surface area contributed by atoms with Crippen molar-refractivity contribution in [3.63, 3.8) is 0 Å². The lowest BCUT2D eigenvalue weighted by atomic mass is 10.1. The Hall–Kier alpha value is -3.50. The highest BCUT2D eigenvalue weighted by molar-refractivity contribution is 7.92. The van der Waals surface area contributed by atoms with Crippen LogP contribution in [0, 0.1) is 5.82 Å². The minimum Gasteiger partial charge on any atom is -0.467 e. The van der Waals surface area contributed by atoms with Gasteiger partial charge in [-0.15, -0.1) is 0 Å². The van der Waals surface area contributed by atoms with E-state index >= 15 is 0 Å². The SMILES string of the molecule is CN(c1ccccc1)S(=O)(=O)c1ccc(C(=O)N2CCC(Oc3nc4c(F)cccc4s3)CC2)cc1. The molecular formula is C26H24FN3O4S2.